The quantitative estimate of drug-likeness (QED) is 0.447. The van der Waals surface area contributed by atoms with Crippen molar-refractivity contribution >= 4 is 0 Å². The molecule has 0 heterocycles. The van der Waals surface area contributed by atoms with E-state index in [-0.39, 0.29) is 0 Å². The van der Waals surface area contributed by atoms with Gasteiger partial charge in [0.2, 0.25) is 0 Å². The van der Waals surface area contributed by atoms with Crippen molar-refractivity contribution < 1.29 is 0 Å². The Labute approximate surface area is 50.9 Å². The predicted molar refractivity (Wildman–Crippen MR) is 36.7 cm³/mol. The first-order valence-electron chi connectivity index (χ1n) is 3.15. The molecule has 0 nitrogen and oxygen atoms in total. The summed E-state index contributed by atoms with van der Waals surface area (Å²) in [5.74, 6) is 0. The third-order valence-corrected chi connectivity index (χ3v) is 1.69. The van der Waals surface area contributed by atoms with Crippen LogP contribution in [-0.2, 0) is 0 Å². The average molecular weight is 108 g/mol. The smallest absolute Gasteiger partial charge is 0.0279 e. The van der Waals surface area contributed by atoms with Gasteiger partial charge < -0.3 is 0 Å². The fourth-order valence-electron chi connectivity index (χ4n) is 0.976. The van der Waals surface area contributed by atoms with Crippen molar-refractivity contribution in [2.24, 2.45) is 0 Å². The van der Waals surface area contributed by atoms with Crippen LogP contribution in [0.15, 0.2) is 23.8 Å². The van der Waals surface area contributed by atoms with Crippen LogP contribution >= 0.6 is 0 Å². The van der Waals surface area contributed by atoms with Gasteiger partial charge in [-0.3, -0.25) is 0 Å². The highest BCUT2D eigenvalue weighted by Crippen LogP contribution is 2.20. The fraction of sp³-hybridized carbons (Fsp3) is 0.500. The van der Waals surface area contributed by atoms with Crippen molar-refractivity contribution in [3.63, 3.8) is 0 Å². The van der Waals surface area contributed by atoms with Crippen molar-refractivity contribution in [3.8, 4) is 0 Å². The van der Waals surface area contributed by atoms with Crippen LogP contribution in [0.4, 0.5) is 0 Å². The van der Waals surface area contributed by atoms with E-state index in [0.29, 0.717) is 0 Å². The Bertz CT molecular complexity index is 129. The monoisotopic (exact) mass is 108 g/mol. The molecular formula is C8H12. The molecule has 44 valence electrons. The van der Waals surface area contributed by atoms with Crippen LogP contribution in [-0.4, -0.2) is 0 Å². The number of rotatable bonds is 0. The molecule has 0 saturated carbocycles. The topological polar surface area (TPSA) is 0 Å². The molecule has 0 fully saturated rings. The Kier molecular flexibility index (Phi) is 1.52. The molecule has 1 rings (SSSR count). The third-order valence-electron chi connectivity index (χ3n) is 1.69. The second-order valence-electron chi connectivity index (χ2n) is 2.38. The van der Waals surface area contributed by atoms with Crippen LogP contribution in [0.1, 0.15) is 26.2 Å². The molecule has 0 heteroatoms. The maximum Gasteiger partial charge on any atom is -0.0279 e. The van der Waals surface area contributed by atoms with Gasteiger partial charge in [-0.1, -0.05) is 23.8 Å². The maximum absolute atomic E-state index is 3.93. The lowest BCUT2D eigenvalue weighted by Gasteiger charge is -2.10. The van der Waals surface area contributed by atoms with E-state index in [9.17, 15) is 0 Å². The normalized spacial score (nSPS) is 20.6. The van der Waals surface area contributed by atoms with Crippen LogP contribution in [0.3, 0.4) is 0 Å². The van der Waals surface area contributed by atoms with Crippen molar-refractivity contribution in [2.45, 2.75) is 26.2 Å². The molecule has 0 aliphatic heterocycles. The standard InChI is InChI=1S/C8H12/c1-7-5-3-4-6-8(7)2/h6H,1,3-5H2,2H3. The largest absolute Gasteiger partial charge is 0.0956 e. The van der Waals surface area contributed by atoms with Gasteiger partial charge in [-0.05, 0) is 26.2 Å². The van der Waals surface area contributed by atoms with Gasteiger partial charge in [-0.25, -0.2) is 0 Å². The van der Waals surface area contributed by atoms with E-state index in [4.69, 9.17) is 0 Å². The van der Waals surface area contributed by atoms with Gasteiger partial charge in [0.1, 0.15) is 0 Å². The first kappa shape index (κ1) is 5.61. The summed E-state index contributed by atoms with van der Waals surface area (Å²) in [4.78, 5) is 0. The Hall–Kier alpha value is -0.520. The van der Waals surface area contributed by atoms with Crippen molar-refractivity contribution in [2.75, 3.05) is 0 Å². The minimum absolute atomic E-state index is 1.21. The zero-order valence-electron chi connectivity index (χ0n) is 5.41. The molecule has 8 heavy (non-hydrogen) atoms. The van der Waals surface area contributed by atoms with Gasteiger partial charge in [-0.2, -0.15) is 0 Å². The van der Waals surface area contributed by atoms with Crippen LogP contribution < -0.4 is 0 Å². The summed E-state index contributed by atoms with van der Waals surface area (Å²) in [7, 11) is 0. The van der Waals surface area contributed by atoms with Gasteiger partial charge in [0.05, 0.1) is 0 Å². The minimum Gasteiger partial charge on any atom is -0.0956 e. The van der Waals surface area contributed by atoms with Crippen LogP contribution in [0.25, 0.3) is 0 Å². The maximum atomic E-state index is 3.93. The molecule has 0 saturated heterocycles. The number of allylic oxidation sites excluding steroid dienone is 3. The zero-order valence-corrected chi connectivity index (χ0v) is 5.41. The Morgan fingerprint density at radius 1 is 1.62 bits per heavy atom. The van der Waals surface area contributed by atoms with Gasteiger partial charge in [0.15, 0.2) is 0 Å². The molecule has 0 spiro atoms. The molecule has 0 atom stereocenters. The third kappa shape index (κ3) is 1.00. The van der Waals surface area contributed by atoms with E-state index in [1.807, 2.05) is 0 Å². The predicted octanol–water partition coefficient (Wildman–Crippen LogP) is 2.67. The summed E-state index contributed by atoms with van der Waals surface area (Å²) >= 11 is 0. The molecular weight excluding hydrogens is 96.1 g/mol. The van der Waals surface area contributed by atoms with Crippen LogP contribution in [0.5, 0.6) is 0 Å². The van der Waals surface area contributed by atoms with E-state index in [1.165, 1.54) is 30.4 Å². The first-order chi connectivity index (χ1) is 3.80. The van der Waals surface area contributed by atoms with E-state index >= 15 is 0 Å². The van der Waals surface area contributed by atoms with E-state index < -0.39 is 0 Å². The Morgan fingerprint density at radius 3 is 2.75 bits per heavy atom. The molecule has 0 aromatic carbocycles. The first-order valence-corrected chi connectivity index (χ1v) is 3.15. The highest BCUT2D eigenvalue weighted by atomic mass is 14.1. The molecule has 0 aromatic rings. The fourth-order valence-corrected chi connectivity index (χ4v) is 0.976. The minimum atomic E-state index is 1.21. The number of hydrogen-bond donors (Lipinski definition) is 0. The van der Waals surface area contributed by atoms with E-state index in [0.717, 1.165) is 0 Å². The Balaban J connectivity index is 2.67. The lowest BCUT2D eigenvalue weighted by atomic mass is 9.96. The lowest BCUT2D eigenvalue weighted by molar-refractivity contribution is 0.804. The van der Waals surface area contributed by atoms with Crippen molar-refractivity contribution in [1.29, 1.82) is 0 Å². The van der Waals surface area contributed by atoms with Gasteiger partial charge in [-0.15, -0.1) is 0 Å². The van der Waals surface area contributed by atoms with Gasteiger partial charge in [0, 0.05) is 0 Å². The van der Waals surface area contributed by atoms with Crippen LogP contribution in [0, 0.1) is 0 Å². The second kappa shape index (κ2) is 2.17. The van der Waals surface area contributed by atoms with E-state index in [1.54, 1.807) is 0 Å². The molecule has 0 unspecified atom stereocenters. The zero-order chi connectivity index (χ0) is 5.98. The molecule has 0 amide bonds. The number of hydrogen-bond acceptors (Lipinski definition) is 0. The summed E-state index contributed by atoms with van der Waals surface area (Å²) in [5.41, 5.74) is 2.73. The second-order valence-corrected chi connectivity index (χ2v) is 2.38. The lowest BCUT2D eigenvalue weighted by Crippen LogP contribution is -1.90. The Morgan fingerprint density at radius 2 is 2.38 bits per heavy atom. The summed E-state index contributed by atoms with van der Waals surface area (Å²) in [6.07, 6.45) is 6.04. The van der Waals surface area contributed by atoms with Gasteiger partial charge >= 0.3 is 0 Å². The molecule has 1 aliphatic carbocycles. The molecule has 0 N–H and O–H groups in total. The summed E-state index contributed by atoms with van der Waals surface area (Å²) < 4.78 is 0. The summed E-state index contributed by atoms with van der Waals surface area (Å²) in [6, 6.07) is 0. The van der Waals surface area contributed by atoms with Gasteiger partial charge in [0.25, 0.3) is 0 Å². The highest BCUT2D eigenvalue weighted by Gasteiger charge is 2.00. The van der Waals surface area contributed by atoms with Crippen LogP contribution in [0.2, 0.25) is 0 Å². The van der Waals surface area contributed by atoms with Crippen molar-refractivity contribution in [1.82, 2.24) is 0 Å². The summed E-state index contributed by atoms with van der Waals surface area (Å²) in [6.45, 7) is 6.07. The molecule has 0 radical (unpaired) electrons. The molecule has 0 bridgehead atoms. The average Bonchev–Trinajstić information content (AvgIpc) is 1.77. The van der Waals surface area contributed by atoms with E-state index in [2.05, 4.69) is 19.6 Å². The SMILES string of the molecule is C=C1CCCC=C1C. The molecule has 1 aliphatic rings. The molecule has 0 aromatic heterocycles. The summed E-state index contributed by atoms with van der Waals surface area (Å²) in [5, 5.41) is 0. The van der Waals surface area contributed by atoms with Crippen molar-refractivity contribution in [3.05, 3.63) is 23.8 Å². The highest BCUT2D eigenvalue weighted by molar-refractivity contribution is 5.27.